The second-order valence-electron chi connectivity index (χ2n) is 4.40. The maximum atomic E-state index is 11.7. The predicted octanol–water partition coefficient (Wildman–Crippen LogP) is 1.16. The summed E-state index contributed by atoms with van der Waals surface area (Å²) in [6.45, 7) is 3.89. The third-order valence-electron chi connectivity index (χ3n) is 2.43. The maximum Gasteiger partial charge on any atom is 0.305 e. The molecular formula is C11H19N3O4S. The maximum absolute atomic E-state index is 11.7. The normalized spacial score (nSPS) is 11.6. The summed E-state index contributed by atoms with van der Waals surface area (Å²) in [5.74, 6) is -0.544. The molecule has 0 unspecified atom stereocenters. The molecule has 0 saturated heterocycles. The van der Waals surface area contributed by atoms with E-state index in [4.69, 9.17) is 0 Å². The molecule has 0 aliphatic heterocycles. The number of nitrogens with zero attached hydrogens (tertiary/aromatic N) is 2. The van der Waals surface area contributed by atoms with Crippen LogP contribution in [0, 0.1) is 0 Å². The van der Waals surface area contributed by atoms with Gasteiger partial charge in [0, 0.05) is 18.7 Å². The molecule has 1 heterocycles. The molecule has 0 fully saturated rings. The summed E-state index contributed by atoms with van der Waals surface area (Å²) in [5.41, 5.74) is 0.423. The van der Waals surface area contributed by atoms with E-state index in [2.05, 4.69) is 14.6 Å². The van der Waals surface area contributed by atoms with Crippen molar-refractivity contribution in [3.63, 3.8) is 0 Å². The first-order chi connectivity index (χ1) is 8.84. The van der Waals surface area contributed by atoms with Crippen LogP contribution in [-0.4, -0.2) is 37.0 Å². The first-order valence-electron chi connectivity index (χ1n) is 5.95. The van der Waals surface area contributed by atoms with E-state index in [0.29, 0.717) is 5.69 Å². The smallest absolute Gasteiger partial charge is 0.305 e. The number of sulfonamides is 1. The quantitative estimate of drug-likeness (QED) is 0.761. The lowest BCUT2D eigenvalue weighted by Gasteiger charge is -2.06. The van der Waals surface area contributed by atoms with E-state index in [9.17, 15) is 13.2 Å². The molecular weight excluding hydrogens is 270 g/mol. The van der Waals surface area contributed by atoms with Crippen LogP contribution < -0.4 is 4.72 Å². The van der Waals surface area contributed by atoms with Crippen molar-refractivity contribution < 1.29 is 17.9 Å². The summed E-state index contributed by atoms with van der Waals surface area (Å²) in [5, 5.41) is 4.04. The van der Waals surface area contributed by atoms with Crippen LogP contribution in [0.25, 0.3) is 0 Å². The second kappa shape index (κ2) is 6.55. The van der Waals surface area contributed by atoms with Gasteiger partial charge in [-0.3, -0.25) is 14.2 Å². The number of hydrogen-bond acceptors (Lipinski definition) is 5. The molecule has 1 aromatic heterocycles. The fourth-order valence-corrected chi connectivity index (χ4v) is 2.50. The average molecular weight is 289 g/mol. The minimum absolute atomic E-state index is 0.0860. The van der Waals surface area contributed by atoms with Crippen molar-refractivity contribution in [2.75, 3.05) is 17.6 Å². The Morgan fingerprint density at radius 1 is 1.53 bits per heavy atom. The largest absolute Gasteiger partial charge is 0.469 e. The highest BCUT2D eigenvalue weighted by Gasteiger charge is 2.13. The summed E-state index contributed by atoms with van der Waals surface area (Å²) in [6, 6.07) is 0.164. The average Bonchev–Trinajstić information content (AvgIpc) is 2.76. The number of aromatic nitrogens is 2. The van der Waals surface area contributed by atoms with Crippen LogP contribution in [0.5, 0.6) is 0 Å². The Kier molecular flexibility index (Phi) is 5.34. The standard InChI is InChI=1S/C11H19N3O4S/c1-9(2)14-8-10(7-12-14)13-19(16,17)6-4-5-11(15)18-3/h7-9,13H,4-6H2,1-3H3. The van der Waals surface area contributed by atoms with Gasteiger partial charge in [0.15, 0.2) is 0 Å². The summed E-state index contributed by atoms with van der Waals surface area (Å²) in [4.78, 5) is 10.9. The highest BCUT2D eigenvalue weighted by molar-refractivity contribution is 7.92. The molecule has 0 aromatic carbocycles. The predicted molar refractivity (Wildman–Crippen MR) is 71.3 cm³/mol. The van der Waals surface area contributed by atoms with Crippen LogP contribution in [0.15, 0.2) is 12.4 Å². The molecule has 0 aliphatic rings. The van der Waals surface area contributed by atoms with Gasteiger partial charge in [0.1, 0.15) is 0 Å². The summed E-state index contributed by atoms with van der Waals surface area (Å²) < 4.78 is 32.0. The molecule has 19 heavy (non-hydrogen) atoms. The molecule has 108 valence electrons. The Hall–Kier alpha value is -1.57. The van der Waals surface area contributed by atoms with Gasteiger partial charge in [-0.15, -0.1) is 0 Å². The third-order valence-corrected chi connectivity index (χ3v) is 3.80. The van der Waals surface area contributed by atoms with Crippen LogP contribution in [0.4, 0.5) is 5.69 Å². The third kappa shape index (κ3) is 5.29. The van der Waals surface area contributed by atoms with Crippen molar-refractivity contribution in [3.8, 4) is 0 Å². The highest BCUT2D eigenvalue weighted by Crippen LogP contribution is 2.12. The number of rotatable bonds is 7. The Bertz CT molecular complexity index is 522. The second-order valence-corrected chi connectivity index (χ2v) is 6.25. The molecule has 0 bridgehead atoms. The van der Waals surface area contributed by atoms with Crippen LogP contribution in [0.1, 0.15) is 32.7 Å². The molecule has 8 heteroatoms. The fourth-order valence-electron chi connectivity index (χ4n) is 1.41. The van der Waals surface area contributed by atoms with Gasteiger partial charge >= 0.3 is 5.97 Å². The van der Waals surface area contributed by atoms with Crippen molar-refractivity contribution in [3.05, 3.63) is 12.4 Å². The van der Waals surface area contributed by atoms with E-state index in [-0.39, 0.29) is 24.6 Å². The number of nitrogens with one attached hydrogen (secondary N) is 1. The minimum Gasteiger partial charge on any atom is -0.469 e. The molecule has 0 spiro atoms. The topological polar surface area (TPSA) is 90.3 Å². The zero-order valence-electron chi connectivity index (χ0n) is 11.3. The Morgan fingerprint density at radius 3 is 2.74 bits per heavy atom. The highest BCUT2D eigenvalue weighted by atomic mass is 32.2. The van der Waals surface area contributed by atoms with Crippen LogP contribution in [0.3, 0.4) is 0 Å². The van der Waals surface area contributed by atoms with Crippen LogP contribution in [0.2, 0.25) is 0 Å². The Morgan fingerprint density at radius 2 is 2.21 bits per heavy atom. The summed E-state index contributed by atoms with van der Waals surface area (Å²) in [6.07, 6.45) is 3.39. The molecule has 0 aliphatic carbocycles. The summed E-state index contributed by atoms with van der Waals surface area (Å²) in [7, 11) is -2.19. The van der Waals surface area contributed by atoms with Gasteiger partial charge in [0.05, 0.1) is 24.7 Å². The molecule has 0 radical (unpaired) electrons. The Labute approximate surface area is 113 Å². The van der Waals surface area contributed by atoms with E-state index in [1.807, 2.05) is 13.8 Å². The number of carbonyl (C=O) groups is 1. The van der Waals surface area contributed by atoms with Gasteiger partial charge in [0.2, 0.25) is 10.0 Å². The number of ether oxygens (including phenoxy) is 1. The zero-order valence-corrected chi connectivity index (χ0v) is 12.1. The van der Waals surface area contributed by atoms with Gasteiger partial charge in [0.25, 0.3) is 0 Å². The Balaban J connectivity index is 2.51. The van der Waals surface area contributed by atoms with E-state index in [0.717, 1.165) is 0 Å². The van der Waals surface area contributed by atoms with E-state index < -0.39 is 16.0 Å². The van der Waals surface area contributed by atoms with Gasteiger partial charge in [-0.2, -0.15) is 5.10 Å². The zero-order chi connectivity index (χ0) is 14.5. The van der Waals surface area contributed by atoms with Crippen LogP contribution in [-0.2, 0) is 19.6 Å². The minimum atomic E-state index is -3.46. The molecule has 0 amide bonds. The van der Waals surface area contributed by atoms with Gasteiger partial charge < -0.3 is 4.74 Å². The molecule has 0 atom stereocenters. The van der Waals surface area contributed by atoms with Crippen molar-refractivity contribution in [2.45, 2.75) is 32.7 Å². The molecule has 1 rings (SSSR count). The first-order valence-corrected chi connectivity index (χ1v) is 7.61. The fraction of sp³-hybridized carbons (Fsp3) is 0.636. The summed E-state index contributed by atoms with van der Waals surface area (Å²) >= 11 is 0. The number of anilines is 1. The van der Waals surface area contributed by atoms with Gasteiger partial charge in [-0.1, -0.05) is 0 Å². The van der Waals surface area contributed by atoms with Gasteiger partial charge in [-0.05, 0) is 20.3 Å². The number of hydrogen-bond donors (Lipinski definition) is 1. The van der Waals surface area contributed by atoms with Gasteiger partial charge in [-0.25, -0.2) is 8.42 Å². The lowest BCUT2D eigenvalue weighted by Crippen LogP contribution is -2.17. The number of carbonyl (C=O) groups excluding carboxylic acids is 1. The van der Waals surface area contributed by atoms with E-state index >= 15 is 0 Å². The van der Waals surface area contributed by atoms with Crippen molar-refractivity contribution in [2.24, 2.45) is 0 Å². The number of esters is 1. The lowest BCUT2D eigenvalue weighted by molar-refractivity contribution is -0.140. The van der Waals surface area contributed by atoms with Crippen LogP contribution >= 0.6 is 0 Å². The number of methoxy groups -OCH3 is 1. The molecule has 1 aromatic rings. The van der Waals surface area contributed by atoms with E-state index in [1.165, 1.54) is 13.3 Å². The lowest BCUT2D eigenvalue weighted by atomic mass is 10.3. The van der Waals surface area contributed by atoms with Crippen molar-refractivity contribution in [1.82, 2.24) is 9.78 Å². The monoisotopic (exact) mass is 289 g/mol. The van der Waals surface area contributed by atoms with Crippen molar-refractivity contribution in [1.29, 1.82) is 0 Å². The molecule has 7 nitrogen and oxygen atoms in total. The molecule has 0 saturated carbocycles. The first kappa shape index (κ1) is 15.5. The SMILES string of the molecule is COC(=O)CCCS(=O)(=O)Nc1cnn(C(C)C)c1. The molecule has 1 N–H and O–H groups in total. The van der Waals surface area contributed by atoms with Crippen molar-refractivity contribution >= 4 is 21.7 Å². The van der Waals surface area contributed by atoms with E-state index in [1.54, 1.807) is 10.9 Å².